The Labute approximate surface area is 96.5 Å². The molecule has 0 heterocycles. The number of benzene rings is 1. The van der Waals surface area contributed by atoms with Crippen LogP contribution >= 0.6 is 22.6 Å². The number of halogens is 1. The number of carbonyl (C=O) groups is 1. The molecule has 0 aliphatic heterocycles. The monoisotopic (exact) mass is 306 g/mol. The maximum atomic E-state index is 11.5. The molecule has 0 unspecified atom stereocenters. The lowest BCUT2D eigenvalue weighted by Gasteiger charge is -2.07. The Morgan fingerprint density at radius 1 is 1.43 bits per heavy atom. The summed E-state index contributed by atoms with van der Waals surface area (Å²) >= 11 is 2.17. The number of rotatable bonds is 4. The predicted molar refractivity (Wildman–Crippen MR) is 61.9 cm³/mol. The standard InChI is InChI=1S/C10H11IO3/c1-13-6-9(12)8-4-3-7(11)5-10(8)14-2/h3-5H,6H2,1-2H3. The van der Waals surface area contributed by atoms with Crippen molar-refractivity contribution in [2.24, 2.45) is 0 Å². The van der Waals surface area contributed by atoms with E-state index in [2.05, 4.69) is 22.6 Å². The molecule has 76 valence electrons. The maximum Gasteiger partial charge on any atom is 0.192 e. The lowest BCUT2D eigenvalue weighted by molar-refractivity contribution is 0.0845. The van der Waals surface area contributed by atoms with E-state index in [-0.39, 0.29) is 12.4 Å². The van der Waals surface area contributed by atoms with Gasteiger partial charge in [0, 0.05) is 10.7 Å². The molecule has 0 saturated carbocycles. The van der Waals surface area contributed by atoms with Gasteiger partial charge in [-0.05, 0) is 40.8 Å². The van der Waals surface area contributed by atoms with Crippen LogP contribution in [0.3, 0.4) is 0 Å². The molecule has 0 amide bonds. The Balaban J connectivity index is 3.01. The first-order chi connectivity index (χ1) is 6.69. The van der Waals surface area contributed by atoms with E-state index in [0.29, 0.717) is 11.3 Å². The van der Waals surface area contributed by atoms with E-state index in [1.54, 1.807) is 13.2 Å². The highest BCUT2D eigenvalue weighted by Gasteiger charge is 2.11. The summed E-state index contributed by atoms with van der Waals surface area (Å²) in [4.78, 5) is 11.5. The molecule has 0 aliphatic carbocycles. The van der Waals surface area contributed by atoms with Crippen molar-refractivity contribution in [3.05, 3.63) is 27.3 Å². The SMILES string of the molecule is COCC(=O)c1ccc(I)cc1OC. The minimum atomic E-state index is -0.0687. The van der Waals surface area contributed by atoms with Gasteiger partial charge in [-0.3, -0.25) is 4.79 Å². The summed E-state index contributed by atoms with van der Waals surface area (Å²) in [6.07, 6.45) is 0. The highest BCUT2D eigenvalue weighted by Crippen LogP contribution is 2.21. The molecular formula is C10H11IO3. The van der Waals surface area contributed by atoms with Gasteiger partial charge in [-0.1, -0.05) is 0 Å². The maximum absolute atomic E-state index is 11.5. The van der Waals surface area contributed by atoms with Gasteiger partial charge in [-0.15, -0.1) is 0 Å². The van der Waals surface area contributed by atoms with Gasteiger partial charge in [0.25, 0.3) is 0 Å². The molecule has 4 heteroatoms. The van der Waals surface area contributed by atoms with Gasteiger partial charge in [0.2, 0.25) is 0 Å². The van der Waals surface area contributed by atoms with Crippen LogP contribution in [-0.2, 0) is 4.74 Å². The van der Waals surface area contributed by atoms with Crippen LogP contribution < -0.4 is 4.74 Å². The van der Waals surface area contributed by atoms with Crippen molar-refractivity contribution < 1.29 is 14.3 Å². The molecule has 14 heavy (non-hydrogen) atoms. The summed E-state index contributed by atoms with van der Waals surface area (Å²) in [7, 11) is 3.05. The average Bonchev–Trinajstić information content (AvgIpc) is 2.17. The molecule has 0 fully saturated rings. The predicted octanol–water partition coefficient (Wildman–Crippen LogP) is 2.13. The Bertz CT molecular complexity index is 336. The van der Waals surface area contributed by atoms with Crippen LogP contribution in [0.15, 0.2) is 18.2 Å². The second-order valence-corrected chi connectivity index (χ2v) is 3.95. The van der Waals surface area contributed by atoms with Gasteiger partial charge in [0.15, 0.2) is 5.78 Å². The Kier molecular flexibility index (Phi) is 4.34. The first-order valence-electron chi connectivity index (χ1n) is 4.04. The summed E-state index contributed by atoms with van der Waals surface area (Å²) < 4.78 is 10.9. The van der Waals surface area contributed by atoms with Gasteiger partial charge >= 0.3 is 0 Å². The number of methoxy groups -OCH3 is 2. The first-order valence-corrected chi connectivity index (χ1v) is 5.12. The molecule has 0 aliphatic rings. The Hall–Kier alpha value is -0.620. The average molecular weight is 306 g/mol. The number of Topliss-reactive ketones (excluding diaryl/α,β-unsaturated/α-hetero) is 1. The van der Waals surface area contributed by atoms with Crippen LogP contribution in [0.1, 0.15) is 10.4 Å². The van der Waals surface area contributed by atoms with Crippen molar-refractivity contribution >= 4 is 28.4 Å². The molecule has 0 saturated heterocycles. The summed E-state index contributed by atoms with van der Waals surface area (Å²) in [5, 5.41) is 0. The fraction of sp³-hybridized carbons (Fsp3) is 0.300. The van der Waals surface area contributed by atoms with Crippen molar-refractivity contribution in [3.63, 3.8) is 0 Å². The lowest BCUT2D eigenvalue weighted by Crippen LogP contribution is -2.08. The molecule has 3 nitrogen and oxygen atoms in total. The third kappa shape index (κ3) is 2.68. The van der Waals surface area contributed by atoms with E-state index in [4.69, 9.17) is 9.47 Å². The number of hydrogen-bond donors (Lipinski definition) is 0. The van der Waals surface area contributed by atoms with Crippen LogP contribution in [0.5, 0.6) is 5.75 Å². The molecular weight excluding hydrogens is 295 g/mol. The van der Waals surface area contributed by atoms with Gasteiger partial charge < -0.3 is 9.47 Å². The zero-order valence-electron chi connectivity index (χ0n) is 8.04. The van der Waals surface area contributed by atoms with Crippen LogP contribution in [0, 0.1) is 3.57 Å². The van der Waals surface area contributed by atoms with Crippen LogP contribution in [-0.4, -0.2) is 26.6 Å². The molecule has 0 N–H and O–H groups in total. The van der Waals surface area contributed by atoms with Crippen LogP contribution in [0.25, 0.3) is 0 Å². The first kappa shape index (κ1) is 11.5. The minimum Gasteiger partial charge on any atom is -0.496 e. The number of ketones is 1. The highest BCUT2D eigenvalue weighted by molar-refractivity contribution is 14.1. The molecule has 0 spiro atoms. The van der Waals surface area contributed by atoms with E-state index in [1.165, 1.54) is 7.11 Å². The van der Waals surface area contributed by atoms with Gasteiger partial charge in [-0.25, -0.2) is 0 Å². The van der Waals surface area contributed by atoms with Crippen LogP contribution in [0.2, 0.25) is 0 Å². The fourth-order valence-corrected chi connectivity index (χ4v) is 1.57. The summed E-state index contributed by atoms with van der Waals surface area (Å²) in [6.45, 7) is 0.0803. The van der Waals surface area contributed by atoms with Gasteiger partial charge in [0.1, 0.15) is 12.4 Å². The summed E-state index contributed by atoms with van der Waals surface area (Å²) in [5.74, 6) is 0.528. The number of carbonyl (C=O) groups excluding carboxylic acids is 1. The molecule has 1 aromatic rings. The van der Waals surface area contributed by atoms with Gasteiger partial charge in [0.05, 0.1) is 12.7 Å². The van der Waals surface area contributed by atoms with E-state index in [9.17, 15) is 4.79 Å². The van der Waals surface area contributed by atoms with E-state index < -0.39 is 0 Å². The van der Waals surface area contributed by atoms with E-state index in [1.807, 2.05) is 12.1 Å². The topological polar surface area (TPSA) is 35.5 Å². The minimum absolute atomic E-state index is 0.0687. The van der Waals surface area contributed by atoms with Crippen molar-refractivity contribution in [3.8, 4) is 5.75 Å². The normalized spacial score (nSPS) is 9.93. The molecule has 1 aromatic carbocycles. The lowest BCUT2D eigenvalue weighted by atomic mass is 10.1. The van der Waals surface area contributed by atoms with Crippen LogP contribution in [0.4, 0.5) is 0 Å². The smallest absolute Gasteiger partial charge is 0.192 e. The van der Waals surface area contributed by atoms with E-state index in [0.717, 1.165) is 3.57 Å². The quantitative estimate of drug-likeness (QED) is 0.631. The van der Waals surface area contributed by atoms with Crippen molar-refractivity contribution in [1.29, 1.82) is 0 Å². The van der Waals surface area contributed by atoms with E-state index >= 15 is 0 Å². The van der Waals surface area contributed by atoms with Crippen molar-refractivity contribution in [2.75, 3.05) is 20.8 Å². The molecule has 0 aromatic heterocycles. The molecule has 0 bridgehead atoms. The summed E-state index contributed by atoms with van der Waals surface area (Å²) in [5.41, 5.74) is 0.565. The number of hydrogen-bond acceptors (Lipinski definition) is 3. The molecule has 0 atom stereocenters. The van der Waals surface area contributed by atoms with Crippen molar-refractivity contribution in [1.82, 2.24) is 0 Å². The summed E-state index contributed by atoms with van der Waals surface area (Å²) in [6, 6.07) is 5.44. The zero-order valence-corrected chi connectivity index (χ0v) is 10.2. The third-order valence-corrected chi connectivity index (χ3v) is 2.41. The molecule has 1 rings (SSSR count). The largest absolute Gasteiger partial charge is 0.496 e. The zero-order chi connectivity index (χ0) is 10.6. The second-order valence-electron chi connectivity index (χ2n) is 2.70. The fourth-order valence-electron chi connectivity index (χ4n) is 1.10. The third-order valence-electron chi connectivity index (χ3n) is 1.74. The second kappa shape index (κ2) is 5.31. The Morgan fingerprint density at radius 2 is 2.14 bits per heavy atom. The van der Waals surface area contributed by atoms with Gasteiger partial charge in [-0.2, -0.15) is 0 Å². The number of ether oxygens (including phenoxy) is 2. The van der Waals surface area contributed by atoms with Crippen molar-refractivity contribution in [2.45, 2.75) is 0 Å². The highest BCUT2D eigenvalue weighted by atomic mass is 127. The molecule has 0 radical (unpaired) electrons. The Morgan fingerprint density at radius 3 is 2.71 bits per heavy atom.